The van der Waals surface area contributed by atoms with Crippen molar-refractivity contribution >= 4 is 5.91 Å². The van der Waals surface area contributed by atoms with Crippen LogP contribution in [0.1, 0.15) is 29.8 Å². The van der Waals surface area contributed by atoms with Crippen LogP contribution in [-0.4, -0.2) is 47.6 Å². The Bertz CT molecular complexity index is 558. The van der Waals surface area contributed by atoms with E-state index in [2.05, 4.69) is 16.8 Å². The van der Waals surface area contributed by atoms with Crippen LogP contribution in [0.3, 0.4) is 0 Å². The first-order valence-electron chi connectivity index (χ1n) is 6.59. The van der Waals surface area contributed by atoms with E-state index in [4.69, 9.17) is 10.5 Å². The number of ether oxygens (including phenoxy) is 1. The van der Waals surface area contributed by atoms with Gasteiger partial charge in [0.15, 0.2) is 0 Å². The second-order valence-electron chi connectivity index (χ2n) is 5.30. The lowest BCUT2D eigenvalue weighted by Crippen LogP contribution is -2.50. The average molecular weight is 273 g/mol. The number of nitrogens with two attached hydrogens (primary N) is 1. The van der Waals surface area contributed by atoms with E-state index in [0.717, 1.165) is 0 Å². The number of morpholine rings is 1. The molecule has 2 rings (SSSR count). The number of carbonyl (C=O) groups excluding carboxylic acids is 1. The predicted octanol–water partition coefficient (Wildman–Crippen LogP) is 0.643. The average Bonchev–Trinajstić information content (AvgIpc) is 2.43. The molecule has 1 saturated heterocycles. The van der Waals surface area contributed by atoms with Gasteiger partial charge in [0.1, 0.15) is 0 Å². The summed E-state index contributed by atoms with van der Waals surface area (Å²) in [6.45, 7) is 5.97. The molecule has 0 aliphatic carbocycles. The van der Waals surface area contributed by atoms with E-state index in [1.54, 1.807) is 23.4 Å². The quantitative estimate of drug-likeness (QED) is 0.763. The van der Waals surface area contributed by atoms with E-state index in [0.29, 0.717) is 30.8 Å². The van der Waals surface area contributed by atoms with Crippen LogP contribution in [0.15, 0.2) is 18.5 Å². The predicted molar refractivity (Wildman–Crippen MR) is 76.1 cm³/mol. The van der Waals surface area contributed by atoms with Crippen molar-refractivity contribution in [3.63, 3.8) is 0 Å². The zero-order valence-electron chi connectivity index (χ0n) is 11.8. The van der Waals surface area contributed by atoms with Crippen molar-refractivity contribution in [2.75, 3.05) is 26.2 Å². The molecular formula is C15H19N3O2. The third-order valence-corrected chi connectivity index (χ3v) is 3.03. The van der Waals surface area contributed by atoms with Gasteiger partial charge in [0.05, 0.1) is 24.3 Å². The second kappa shape index (κ2) is 6.04. The van der Waals surface area contributed by atoms with Crippen LogP contribution in [-0.2, 0) is 4.74 Å². The number of pyridine rings is 1. The molecule has 1 amide bonds. The molecule has 2 heterocycles. The van der Waals surface area contributed by atoms with Gasteiger partial charge in [0.2, 0.25) is 0 Å². The Labute approximate surface area is 119 Å². The Hall–Kier alpha value is -1.90. The van der Waals surface area contributed by atoms with Gasteiger partial charge in [-0.3, -0.25) is 9.78 Å². The van der Waals surface area contributed by atoms with E-state index in [1.165, 1.54) is 0 Å². The first-order valence-corrected chi connectivity index (χ1v) is 6.59. The molecule has 1 aromatic rings. The van der Waals surface area contributed by atoms with Gasteiger partial charge >= 0.3 is 0 Å². The second-order valence-corrected chi connectivity index (χ2v) is 5.30. The molecule has 1 aliphatic rings. The van der Waals surface area contributed by atoms with Gasteiger partial charge in [-0.1, -0.05) is 11.8 Å². The van der Waals surface area contributed by atoms with Crippen LogP contribution in [0.5, 0.6) is 0 Å². The lowest BCUT2D eigenvalue weighted by atomic mass is 10.1. The van der Waals surface area contributed by atoms with Crippen molar-refractivity contribution in [1.29, 1.82) is 0 Å². The maximum Gasteiger partial charge on any atom is 0.255 e. The molecule has 0 atom stereocenters. The molecule has 0 radical (unpaired) electrons. The molecule has 0 saturated carbocycles. The maximum atomic E-state index is 12.5. The highest BCUT2D eigenvalue weighted by molar-refractivity contribution is 5.94. The van der Waals surface area contributed by atoms with Gasteiger partial charge in [-0.2, -0.15) is 0 Å². The van der Waals surface area contributed by atoms with Crippen molar-refractivity contribution in [3.8, 4) is 11.8 Å². The highest BCUT2D eigenvalue weighted by Crippen LogP contribution is 2.18. The molecule has 1 aromatic heterocycles. The fourth-order valence-electron chi connectivity index (χ4n) is 2.15. The number of hydrogen-bond acceptors (Lipinski definition) is 4. The largest absolute Gasteiger partial charge is 0.372 e. The Morgan fingerprint density at radius 2 is 2.35 bits per heavy atom. The first-order chi connectivity index (χ1) is 9.52. The molecule has 20 heavy (non-hydrogen) atoms. The van der Waals surface area contributed by atoms with Crippen molar-refractivity contribution in [3.05, 3.63) is 29.6 Å². The van der Waals surface area contributed by atoms with Crippen LogP contribution in [0, 0.1) is 11.8 Å². The molecule has 0 spiro atoms. The zero-order valence-corrected chi connectivity index (χ0v) is 11.8. The molecule has 0 aromatic carbocycles. The number of hydrogen-bond donors (Lipinski definition) is 1. The molecular weight excluding hydrogens is 254 g/mol. The van der Waals surface area contributed by atoms with Gasteiger partial charge in [0.25, 0.3) is 5.91 Å². The minimum atomic E-state index is -0.307. The van der Waals surface area contributed by atoms with Gasteiger partial charge in [-0.15, -0.1) is 0 Å². The third kappa shape index (κ3) is 3.56. The van der Waals surface area contributed by atoms with E-state index in [1.807, 2.05) is 13.8 Å². The summed E-state index contributed by atoms with van der Waals surface area (Å²) in [5, 5.41) is 0. The number of rotatable bonds is 1. The lowest BCUT2D eigenvalue weighted by Gasteiger charge is -2.38. The molecule has 1 aliphatic heterocycles. The van der Waals surface area contributed by atoms with E-state index < -0.39 is 0 Å². The van der Waals surface area contributed by atoms with Gasteiger partial charge in [0, 0.05) is 31.0 Å². The molecule has 2 N–H and O–H groups in total. The summed E-state index contributed by atoms with van der Waals surface area (Å²) in [7, 11) is 0. The summed E-state index contributed by atoms with van der Waals surface area (Å²) >= 11 is 0. The minimum absolute atomic E-state index is 0.0368. The number of aromatic nitrogens is 1. The Morgan fingerprint density at radius 1 is 1.55 bits per heavy atom. The summed E-state index contributed by atoms with van der Waals surface area (Å²) in [6, 6.07) is 1.75. The number of carbonyl (C=O) groups is 1. The minimum Gasteiger partial charge on any atom is -0.372 e. The molecule has 0 unspecified atom stereocenters. The summed E-state index contributed by atoms with van der Waals surface area (Å²) in [5.74, 6) is 5.61. The molecule has 1 fully saturated rings. The molecule has 106 valence electrons. The van der Waals surface area contributed by atoms with Gasteiger partial charge in [-0.25, -0.2) is 0 Å². The van der Waals surface area contributed by atoms with E-state index in [9.17, 15) is 4.79 Å². The van der Waals surface area contributed by atoms with E-state index >= 15 is 0 Å². The summed E-state index contributed by atoms with van der Waals surface area (Å²) in [4.78, 5) is 18.3. The first kappa shape index (κ1) is 14.5. The molecule has 5 nitrogen and oxygen atoms in total. The van der Waals surface area contributed by atoms with Crippen LogP contribution < -0.4 is 5.73 Å². The lowest BCUT2D eigenvalue weighted by molar-refractivity contribution is -0.0764. The monoisotopic (exact) mass is 273 g/mol. The SMILES string of the molecule is CC1(C)CN(C(=O)c2cncc(C#CCN)c2)CCO1. The van der Waals surface area contributed by atoms with Crippen molar-refractivity contribution in [2.45, 2.75) is 19.4 Å². The van der Waals surface area contributed by atoms with Gasteiger partial charge in [-0.05, 0) is 19.9 Å². The molecule has 5 heteroatoms. The smallest absolute Gasteiger partial charge is 0.255 e. The number of amides is 1. The topological polar surface area (TPSA) is 68.5 Å². The highest BCUT2D eigenvalue weighted by atomic mass is 16.5. The van der Waals surface area contributed by atoms with Gasteiger partial charge < -0.3 is 15.4 Å². The fourth-order valence-corrected chi connectivity index (χ4v) is 2.15. The molecule has 0 bridgehead atoms. The van der Waals surface area contributed by atoms with Crippen LogP contribution >= 0.6 is 0 Å². The van der Waals surface area contributed by atoms with Crippen molar-refractivity contribution < 1.29 is 9.53 Å². The van der Waals surface area contributed by atoms with Crippen molar-refractivity contribution in [2.24, 2.45) is 5.73 Å². The fraction of sp³-hybridized carbons (Fsp3) is 0.467. The Morgan fingerprint density at radius 3 is 3.05 bits per heavy atom. The third-order valence-electron chi connectivity index (χ3n) is 3.03. The van der Waals surface area contributed by atoms with E-state index in [-0.39, 0.29) is 18.1 Å². The van der Waals surface area contributed by atoms with Crippen LogP contribution in [0.2, 0.25) is 0 Å². The standard InChI is InChI=1S/C15H19N3O2/c1-15(2)11-18(6-7-20-15)14(19)13-8-12(4-3-5-16)9-17-10-13/h8-10H,5-7,11,16H2,1-2H3. The Balaban J connectivity index is 2.16. The zero-order chi connectivity index (χ0) is 14.6. The maximum absolute atomic E-state index is 12.5. The normalized spacial score (nSPS) is 17.2. The number of nitrogens with zero attached hydrogens (tertiary/aromatic N) is 2. The summed E-state index contributed by atoms with van der Waals surface area (Å²) in [5.41, 5.74) is 6.28. The summed E-state index contributed by atoms with van der Waals surface area (Å²) in [6.07, 6.45) is 3.20. The van der Waals surface area contributed by atoms with Crippen molar-refractivity contribution in [1.82, 2.24) is 9.88 Å². The summed E-state index contributed by atoms with van der Waals surface area (Å²) < 4.78 is 5.61. The Kier molecular flexibility index (Phi) is 4.38. The highest BCUT2D eigenvalue weighted by Gasteiger charge is 2.30. The van der Waals surface area contributed by atoms with Crippen LogP contribution in [0.4, 0.5) is 0 Å². The van der Waals surface area contributed by atoms with Crippen LogP contribution in [0.25, 0.3) is 0 Å².